The lowest BCUT2D eigenvalue weighted by Crippen LogP contribution is -2.65. The van der Waals surface area contributed by atoms with Crippen molar-refractivity contribution in [2.75, 3.05) is 0 Å². The summed E-state index contributed by atoms with van der Waals surface area (Å²) < 4.78 is 0. The third-order valence-electron chi connectivity index (χ3n) is 5.28. The Bertz CT molecular complexity index is 690. The predicted octanol–water partition coefficient (Wildman–Crippen LogP) is 3.52. The molecule has 0 aromatic heterocycles. The molecule has 5 heteroatoms. The van der Waals surface area contributed by atoms with E-state index in [1.165, 1.54) is 0 Å². The molecule has 1 aliphatic rings. The fourth-order valence-electron chi connectivity index (χ4n) is 3.91. The van der Waals surface area contributed by atoms with Crippen molar-refractivity contribution in [2.24, 2.45) is 17.3 Å². The molecule has 1 heterocycles. The lowest BCUT2D eigenvalue weighted by molar-refractivity contribution is -0.172. The summed E-state index contributed by atoms with van der Waals surface area (Å²) >= 11 is 0. The Labute approximate surface area is 155 Å². The molecule has 0 bridgehead atoms. The van der Waals surface area contributed by atoms with Crippen molar-refractivity contribution in [1.29, 1.82) is 0 Å². The Kier molecular flexibility index (Phi) is 5.59. The van der Waals surface area contributed by atoms with E-state index in [-0.39, 0.29) is 30.6 Å². The molecule has 0 spiro atoms. The zero-order valence-corrected chi connectivity index (χ0v) is 16.3. The Morgan fingerprint density at radius 3 is 2.23 bits per heavy atom. The predicted molar refractivity (Wildman–Crippen MR) is 99.4 cm³/mol. The Balaban J connectivity index is 2.55. The molecule has 2 rings (SSSR count). The number of carbonyl (C=O) groups is 3. The Morgan fingerprint density at radius 1 is 1.19 bits per heavy atom. The van der Waals surface area contributed by atoms with Gasteiger partial charge in [-0.3, -0.25) is 14.5 Å². The van der Waals surface area contributed by atoms with E-state index >= 15 is 0 Å². The monoisotopic (exact) mass is 359 g/mol. The molecule has 0 saturated carbocycles. The topological polar surface area (TPSA) is 74.7 Å². The first-order valence-corrected chi connectivity index (χ1v) is 9.15. The number of likely N-dealkylation sites (tertiary alicyclic amines) is 1. The second-order valence-electron chi connectivity index (χ2n) is 8.68. The van der Waals surface area contributed by atoms with Crippen LogP contribution in [0.15, 0.2) is 30.3 Å². The summed E-state index contributed by atoms with van der Waals surface area (Å²) in [6.45, 7) is 9.33. The highest BCUT2D eigenvalue weighted by Gasteiger charge is 2.60. The summed E-state index contributed by atoms with van der Waals surface area (Å²) in [6.07, 6.45) is 0.779. The number of nitrogens with zero attached hydrogens (tertiary/aromatic N) is 1. The minimum atomic E-state index is -1.62. The summed E-state index contributed by atoms with van der Waals surface area (Å²) in [5.41, 5.74) is -1.65. The quantitative estimate of drug-likeness (QED) is 0.789. The van der Waals surface area contributed by atoms with Gasteiger partial charge in [0.15, 0.2) is 5.54 Å². The molecule has 1 unspecified atom stereocenters. The van der Waals surface area contributed by atoms with Crippen LogP contribution < -0.4 is 0 Å². The highest BCUT2D eigenvalue weighted by atomic mass is 16.4. The molecule has 5 nitrogen and oxygen atoms in total. The highest BCUT2D eigenvalue weighted by molar-refractivity contribution is 6.08. The van der Waals surface area contributed by atoms with Crippen LogP contribution >= 0.6 is 0 Å². The number of carboxylic acid groups (broad SMARTS) is 1. The first-order chi connectivity index (χ1) is 12.0. The summed E-state index contributed by atoms with van der Waals surface area (Å²) in [4.78, 5) is 39.5. The molecule has 1 aliphatic heterocycles. The van der Waals surface area contributed by atoms with Gasteiger partial charge in [0, 0.05) is 18.8 Å². The van der Waals surface area contributed by atoms with Gasteiger partial charge >= 0.3 is 5.97 Å². The molecule has 0 radical (unpaired) electrons. The second kappa shape index (κ2) is 7.22. The van der Waals surface area contributed by atoms with Gasteiger partial charge in [-0.05, 0) is 23.3 Å². The number of rotatable bonds is 6. The van der Waals surface area contributed by atoms with Crippen LogP contribution in [0.1, 0.15) is 53.0 Å². The Morgan fingerprint density at radius 2 is 1.77 bits per heavy atom. The van der Waals surface area contributed by atoms with Gasteiger partial charge in [0.2, 0.25) is 11.8 Å². The SMILES string of the molecule is CC(C)CC1CC(=O)N([C@@](Cc2ccccc2)(C(=O)O)C(C)(C)C)C1=O. The number of hydrogen-bond acceptors (Lipinski definition) is 3. The van der Waals surface area contributed by atoms with Crippen molar-refractivity contribution < 1.29 is 19.5 Å². The number of carbonyl (C=O) groups excluding carboxylic acids is 2. The summed E-state index contributed by atoms with van der Waals surface area (Å²) in [5, 5.41) is 10.2. The van der Waals surface area contributed by atoms with E-state index in [0.29, 0.717) is 6.42 Å². The fourth-order valence-corrected chi connectivity index (χ4v) is 3.91. The number of hydrogen-bond donors (Lipinski definition) is 1. The van der Waals surface area contributed by atoms with E-state index in [2.05, 4.69) is 0 Å². The van der Waals surface area contributed by atoms with E-state index < -0.39 is 22.8 Å². The van der Waals surface area contributed by atoms with E-state index in [1.54, 1.807) is 20.8 Å². The molecular weight excluding hydrogens is 330 g/mol. The highest BCUT2D eigenvalue weighted by Crippen LogP contribution is 2.43. The average Bonchev–Trinajstić information content (AvgIpc) is 2.78. The third kappa shape index (κ3) is 3.53. The van der Waals surface area contributed by atoms with Crippen molar-refractivity contribution in [3.05, 3.63) is 35.9 Å². The zero-order chi connectivity index (χ0) is 19.7. The van der Waals surface area contributed by atoms with Gasteiger partial charge in [-0.1, -0.05) is 65.0 Å². The normalized spacial score (nSPS) is 20.5. The number of aliphatic carboxylic acids is 1. The lowest BCUT2D eigenvalue weighted by atomic mass is 9.68. The van der Waals surface area contributed by atoms with Crippen molar-refractivity contribution >= 4 is 17.8 Å². The van der Waals surface area contributed by atoms with Crippen molar-refractivity contribution in [2.45, 2.75) is 59.4 Å². The lowest BCUT2D eigenvalue weighted by Gasteiger charge is -2.46. The minimum Gasteiger partial charge on any atom is -0.479 e. The molecular formula is C21H29NO4. The zero-order valence-electron chi connectivity index (χ0n) is 16.3. The minimum absolute atomic E-state index is 0.0942. The van der Waals surface area contributed by atoms with Gasteiger partial charge in [0.25, 0.3) is 0 Å². The van der Waals surface area contributed by atoms with Gasteiger partial charge in [0.1, 0.15) is 0 Å². The van der Waals surface area contributed by atoms with Gasteiger partial charge in [-0.25, -0.2) is 4.79 Å². The maximum Gasteiger partial charge on any atom is 0.331 e. The van der Waals surface area contributed by atoms with Crippen LogP contribution in [0.3, 0.4) is 0 Å². The molecule has 1 aromatic rings. The molecule has 26 heavy (non-hydrogen) atoms. The van der Waals surface area contributed by atoms with Crippen LogP contribution in [0, 0.1) is 17.3 Å². The van der Waals surface area contributed by atoms with Gasteiger partial charge < -0.3 is 5.11 Å². The molecule has 1 N–H and O–H groups in total. The van der Waals surface area contributed by atoms with E-state index in [9.17, 15) is 19.5 Å². The standard InChI is InChI=1S/C21H29NO4/c1-14(2)11-16-12-17(23)22(18(16)24)21(19(25)26,20(3,4)5)13-15-9-7-6-8-10-15/h6-10,14,16H,11-13H2,1-5H3,(H,25,26)/t16?,21-/m0/s1. The van der Waals surface area contributed by atoms with Crippen molar-refractivity contribution in [3.63, 3.8) is 0 Å². The summed E-state index contributed by atoms with van der Waals surface area (Å²) in [7, 11) is 0. The maximum atomic E-state index is 13.1. The first-order valence-electron chi connectivity index (χ1n) is 9.15. The molecule has 2 amide bonds. The number of amides is 2. The molecule has 1 fully saturated rings. The maximum absolute atomic E-state index is 13.1. The van der Waals surface area contributed by atoms with Gasteiger partial charge in [-0.15, -0.1) is 0 Å². The molecule has 142 valence electrons. The second-order valence-corrected chi connectivity index (χ2v) is 8.68. The van der Waals surface area contributed by atoms with E-state index in [1.807, 2.05) is 44.2 Å². The molecule has 1 aromatic carbocycles. The van der Waals surface area contributed by atoms with Crippen LogP contribution in [0.25, 0.3) is 0 Å². The van der Waals surface area contributed by atoms with Gasteiger partial charge in [0.05, 0.1) is 0 Å². The largest absolute Gasteiger partial charge is 0.479 e. The van der Waals surface area contributed by atoms with Gasteiger partial charge in [-0.2, -0.15) is 0 Å². The Hall–Kier alpha value is -2.17. The van der Waals surface area contributed by atoms with Crippen molar-refractivity contribution in [1.82, 2.24) is 4.90 Å². The smallest absolute Gasteiger partial charge is 0.331 e. The summed E-state index contributed by atoms with van der Waals surface area (Å²) in [5.74, 6) is -2.04. The van der Waals surface area contributed by atoms with Crippen LogP contribution in [0.5, 0.6) is 0 Å². The molecule has 2 atom stereocenters. The fraction of sp³-hybridized carbons (Fsp3) is 0.571. The number of benzene rings is 1. The van der Waals surface area contributed by atoms with Crippen molar-refractivity contribution in [3.8, 4) is 0 Å². The van der Waals surface area contributed by atoms with Crippen LogP contribution in [-0.2, 0) is 20.8 Å². The van der Waals surface area contributed by atoms with Crippen LogP contribution in [-0.4, -0.2) is 33.3 Å². The third-order valence-corrected chi connectivity index (χ3v) is 5.28. The van der Waals surface area contributed by atoms with Crippen LogP contribution in [0.2, 0.25) is 0 Å². The number of carboxylic acids is 1. The first kappa shape index (κ1) is 20.1. The van der Waals surface area contributed by atoms with E-state index in [0.717, 1.165) is 10.5 Å². The van der Waals surface area contributed by atoms with Crippen LogP contribution in [0.4, 0.5) is 0 Å². The molecule has 1 saturated heterocycles. The number of imide groups is 1. The summed E-state index contributed by atoms with van der Waals surface area (Å²) in [6, 6.07) is 9.19. The van der Waals surface area contributed by atoms with E-state index in [4.69, 9.17) is 0 Å². The average molecular weight is 359 g/mol. The molecule has 0 aliphatic carbocycles.